The number of benzene rings is 2. The Labute approximate surface area is 258 Å². The highest BCUT2D eigenvalue weighted by atomic mass is 32.2. The van der Waals surface area contributed by atoms with Gasteiger partial charge < -0.3 is 10.0 Å². The van der Waals surface area contributed by atoms with E-state index in [0.717, 1.165) is 80.2 Å². The number of hydrogen-bond acceptors (Lipinski definition) is 3. The van der Waals surface area contributed by atoms with Crippen molar-refractivity contribution in [1.82, 2.24) is 4.90 Å². The summed E-state index contributed by atoms with van der Waals surface area (Å²) >= 11 is 0. The third kappa shape index (κ3) is 10.9. The number of phenolic OH excluding ortho intramolecular Hbond substituents is 1. The van der Waals surface area contributed by atoms with Crippen molar-refractivity contribution in [2.45, 2.75) is 89.1 Å². The molecule has 0 bridgehead atoms. The van der Waals surface area contributed by atoms with E-state index < -0.39 is 41.0 Å². The SMILES string of the molecule is CN(CCCCCCC1=C(c2ccc(F)c(F)c2)CCCc2cc(O)ccc21)CCCS(=O)CCCCC(F)(F)C(F)(F)F. The lowest BCUT2D eigenvalue weighted by Crippen LogP contribution is -2.36. The third-order valence-electron chi connectivity index (χ3n) is 8.08. The Kier molecular flexibility index (Phi) is 13.8. The maximum atomic E-state index is 14.1. The maximum absolute atomic E-state index is 14.1. The molecule has 0 amide bonds. The van der Waals surface area contributed by atoms with E-state index in [2.05, 4.69) is 4.90 Å². The zero-order valence-electron chi connectivity index (χ0n) is 25.1. The molecular formula is C33H42F7NO2S. The van der Waals surface area contributed by atoms with Crippen LogP contribution in [0.4, 0.5) is 30.7 Å². The molecule has 0 saturated carbocycles. The second-order valence-electron chi connectivity index (χ2n) is 11.6. The number of aromatic hydroxyl groups is 1. The van der Waals surface area contributed by atoms with Crippen LogP contribution in [0.25, 0.3) is 11.1 Å². The van der Waals surface area contributed by atoms with E-state index in [1.807, 2.05) is 13.1 Å². The highest BCUT2D eigenvalue weighted by Gasteiger charge is 2.56. The number of rotatable bonds is 17. The monoisotopic (exact) mass is 649 g/mol. The number of alkyl halides is 5. The van der Waals surface area contributed by atoms with Gasteiger partial charge in [0.25, 0.3) is 0 Å². The number of unbranched alkanes of at least 4 members (excludes halogenated alkanes) is 4. The Bertz CT molecular complexity index is 1280. The van der Waals surface area contributed by atoms with E-state index >= 15 is 0 Å². The lowest BCUT2D eigenvalue weighted by molar-refractivity contribution is -0.284. The van der Waals surface area contributed by atoms with Crippen molar-refractivity contribution in [2.24, 2.45) is 0 Å². The molecule has 0 heterocycles. The minimum atomic E-state index is -5.54. The molecule has 246 valence electrons. The molecule has 0 spiro atoms. The molecule has 3 nitrogen and oxygen atoms in total. The lowest BCUT2D eigenvalue weighted by Gasteiger charge is -2.19. The van der Waals surface area contributed by atoms with Crippen LogP contribution in [0.5, 0.6) is 5.75 Å². The molecule has 0 fully saturated rings. The van der Waals surface area contributed by atoms with Gasteiger partial charge >= 0.3 is 12.1 Å². The summed E-state index contributed by atoms with van der Waals surface area (Å²) in [5, 5.41) is 10.0. The van der Waals surface area contributed by atoms with Crippen LogP contribution < -0.4 is 0 Å². The maximum Gasteiger partial charge on any atom is 0.453 e. The second-order valence-corrected chi connectivity index (χ2v) is 13.3. The van der Waals surface area contributed by atoms with Gasteiger partial charge in [0.1, 0.15) is 5.75 Å². The predicted octanol–water partition coefficient (Wildman–Crippen LogP) is 9.31. The molecule has 0 radical (unpaired) electrons. The van der Waals surface area contributed by atoms with Crippen molar-refractivity contribution in [3.05, 3.63) is 64.7 Å². The number of halogens is 7. The fourth-order valence-electron chi connectivity index (χ4n) is 5.64. The molecule has 2 aromatic carbocycles. The Hall–Kier alpha value is -2.40. The van der Waals surface area contributed by atoms with Gasteiger partial charge in [-0.3, -0.25) is 4.21 Å². The molecular weight excluding hydrogens is 607 g/mol. The molecule has 0 aromatic heterocycles. The van der Waals surface area contributed by atoms with Crippen molar-refractivity contribution in [3.63, 3.8) is 0 Å². The van der Waals surface area contributed by atoms with Crippen LogP contribution in [0.1, 0.15) is 87.3 Å². The molecule has 1 atom stereocenters. The Morgan fingerprint density at radius 3 is 2.25 bits per heavy atom. The first-order valence-electron chi connectivity index (χ1n) is 15.3. The average molecular weight is 650 g/mol. The zero-order chi connectivity index (χ0) is 32.3. The Morgan fingerprint density at radius 2 is 1.52 bits per heavy atom. The van der Waals surface area contributed by atoms with Gasteiger partial charge in [-0.25, -0.2) is 8.78 Å². The largest absolute Gasteiger partial charge is 0.508 e. The summed E-state index contributed by atoms with van der Waals surface area (Å²) < 4.78 is 102. The van der Waals surface area contributed by atoms with Crippen LogP contribution in [-0.2, 0) is 17.2 Å². The topological polar surface area (TPSA) is 40.5 Å². The van der Waals surface area contributed by atoms with Crippen LogP contribution in [0.2, 0.25) is 0 Å². The first-order valence-corrected chi connectivity index (χ1v) is 16.7. The molecule has 3 rings (SSSR count). The summed E-state index contributed by atoms with van der Waals surface area (Å²) in [5.41, 5.74) is 4.93. The number of aryl methyl sites for hydroxylation is 1. The second kappa shape index (κ2) is 16.8. The Balaban J connectivity index is 1.40. The van der Waals surface area contributed by atoms with E-state index in [4.69, 9.17) is 0 Å². The summed E-state index contributed by atoms with van der Waals surface area (Å²) in [6.45, 7) is 1.57. The third-order valence-corrected chi connectivity index (χ3v) is 9.56. The molecule has 1 aliphatic carbocycles. The number of hydrogen-bond donors (Lipinski definition) is 1. The van der Waals surface area contributed by atoms with E-state index in [-0.39, 0.29) is 24.3 Å². The fraction of sp³-hybridized carbons (Fsp3) is 0.576. The zero-order valence-corrected chi connectivity index (χ0v) is 26.0. The summed E-state index contributed by atoms with van der Waals surface area (Å²) in [4.78, 5) is 2.14. The van der Waals surface area contributed by atoms with Gasteiger partial charge in [0.15, 0.2) is 11.6 Å². The van der Waals surface area contributed by atoms with Gasteiger partial charge in [-0.2, -0.15) is 22.0 Å². The van der Waals surface area contributed by atoms with Gasteiger partial charge in [0.05, 0.1) is 0 Å². The first kappa shape index (κ1) is 36.1. The standard InChI is InChI=1S/C33H42F7NO2S/c1-41(19-9-21-44(43)20-7-5-17-32(36,37)33(38,39)40)18-6-3-2-4-11-29-27(25-13-16-30(34)31(35)23-25)12-8-10-24-22-26(42)14-15-28(24)29/h13-16,22-23,42H,2-12,17-21H2,1H3. The van der Waals surface area contributed by atoms with Crippen molar-refractivity contribution < 1.29 is 40.0 Å². The highest BCUT2D eigenvalue weighted by molar-refractivity contribution is 7.84. The molecule has 1 unspecified atom stereocenters. The van der Waals surface area contributed by atoms with Gasteiger partial charge in [0, 0.05) is 28.7 Å². The fourth-order valence-corrected chi connectivity index (χ4v) is 6.82. The summed E-state index contributed by atoms with van der Waals surface area (Å²) in [7, 11) is 0.724. The number of nitrogens with zero attached hydrogens (tertiary/aromatic N) is 1. The quantitative estimate of drug-likeness (QED) is 0.137. The highest BCUT2D eigenvalue weighted by Crippen LogP contribution is 2.40. The molecule has 1 N–H and O–H groups in total. The normalized spacial score (nSPS) is 15.0. The average Bonchev–Trinajstić information content (AvgIpc) is 3.12. The summed E-state index contributed by atoms with van der Waals surface area (Å²) in [5.74, 6) is -5.73. The van der Waals surface area contributed by atoms with Crippen molar-refractivity contribution in [3.8, 4) is 5.75 Å². The van der Waals surface area contributed by atoms with Crippen LogP contribution in [0.3, 0.4) is 0 Å². The number of phenols is 1. The van der Waals surface area contributed by atoms with Crippen molar-refractivity contribution >= 4 is 21.9 Å². The summed E-state index contributed by atoms with van der Waals surface area (Å²) in [6, 6.07) is 9.43. The van der Waals surface area contributed by atoms with E-state index in [0.29, 0.717) is 24.3 Å². The van der Waals surface area contributed by atoms with Crippen LogP contribution in [0, 0.1) is 11.6 Å². The predicted molar refractivity (Wildman–Crippen MR) is 162 cm³/mol. The first-order chi connectivity index (χ1) is 20.8. The minimum absolute atomic E-state index is 0.0708. The van der Waals surface area contributed by atoms with Crippen molar-refractivity contribution in [2.75, 3.05) is 31.6 Å². The smallest absolute Gasteiger partial charge is 0.453 e. The van der Waals surface area contributed by atoms with Crippen LogP contribution in [0.15, 0.2) is 36.4 Å². The molecule has 2 aromatic rings. The molecule has 0 saturated heterocycles. The number of fused-ring (bicyclic) bond motifs is 1. The van der Waals surface area contributed by atoms with Gasteiger partial charge in [-0.15, -0.1) is 0 Å². The van der Waals surface area contributed by atoms with E-state index in [1.54, 1.807) is 18.2 Å². The van der Waals surface area contributed by atoms with Crippen molar-refractivity contribution in [1.29, 1.82) is 0 Å². The molecule has 1 aliphatic rings. The van der Waals surface area contributed by atoms with Gasteiger partial charge in [-0.1, -0.05) is 25.0 Å². The van der Waals surface area contributed by atoms with Gasteiger partial charge in [0.2, 0.25) is 0 Å². The lowest BCUT2D eigenvalue weighted by atomic mass is 9.89. The molecule has 44 heavy (non-hydrogen) atoms. The van der Waals surface area contributed by atoms with E-state index in [9.17, 15) is 40.0 Å². The van der Waals surface area contributed by atoms with Crippen LogP contribution in [-0.4, -0.2) is 58.0 Å². The minimum Gasteiger partial charge on any atom is -0.508 e. The Morgan fingerprint density at radius 1 is 0.818 bits per heavy atom. The number of allylic oxidation sites excluding steroid dienone is 2. The molecule has 0 aliphatic heterocycles. The van der Waals surface area contributed by atoms with Gasteiger partial charge in [-0.05, 0) is 130 Å². The summed E-state index contributed by atoms with van der Waals surface area (Å²) in [6.07, 6.45) is 0.585. The van der Waals surface area contributed by atoms with E-state index in [1.165, 1.54) is 12.1 Å². The van der Waals surface area contributed by atoms with Crippen LogP contribution >= 0.6 is 0 Å². The molecule has 11 heteroatoms.